The highest BCUT2D eigenvalue weighted by Crippen LogP contribution is 2.14. The Balaban J connectivity index is 1.40. The molecule has 0 aliphatic rings. The Morgan fingerprint density at radius 3 is 2.27 bits per heavy atom. The van der Waals surface area contributed by atoms with E-state index in [9.17, 15) is 14.4 Å². The van der Waals surface area contributed by atoms with E-state index in [0.717, 1.165) is 11.1 Å². The zero-order valence-corrected chi connectivity index (χ0v) is 18.9. The van der Waals surface area contributed by atoms with E-state index >= 15 is 0 Å². The SMILES string of the molecule is Cc1ccc(C(=O)Nc2cccc(CNC(=O)NCCNC(=O)c3ccccc3Cl)c2)cc1. The highest BCUT2D eigenvalue weighted by atomic mass is 35.5. The smallest absolute Gasteiger partial charge is 0.315 e. The lowest BCUT2D eigenvalue weighted by Crippen LogP contribution is -2.40. The van der Waals surface area contributed by atoms with E-state index < -0.39 is 0 Å². The van der Waals surface area contributed by atoms with E-state index in [1.54, 1.807) is 48.5 Å². The van der Waals surface area contributed by atoms with Gasteiger partial charge in [-0.25, -0.2) is 4.79 Å². The number of amides is 4. The molecule has 8 heteroatoms. The van der Waals surface area contributed by atoms with Gasteiger partial charge in [0.1, 0.15) is 0 Å². The van der Waals surface area contributed by atoms with Gasteiger partial charge in [-0.2, -0.15) is 0 Å². The van der Waals surface area contributed by atoms with Gasteiger partial charge in [-0.05, 0) is 48.9 Å². The molecule has 0 heterocycles. The number of hydrogen-bond acceptors (Lipinski definition) is 3. The minimum absolute atomic E-state index is 0.198. The highest BCUT2D eigenvalue weighted by Gasteiger charge is 2.09. The maximum absolute atomic E-state index is 12.4. The largest absolute Gasteiger partial charge is 0.350 e. The predicted octanol–water partition coefficient (Wildman–Crippen LogP) is 4.13. The summed E-state index contributed by atoms with van der Waals surface area (Å²) in [6.45, 7) is 2.77. The van der Waals surface area contributed by atoms with Gasteiger partial charge in [0.05, 0.1) is 10.6 Å². The Labute approximate surface area is 197 Å². The second-order valence-corrected chi connectivity index (χ2v) is 7.77. The molecular formula is C25H25ClN4O3. The van der Waals surface area contributed by atoms with Crippen LogP contribution in [-0.4, -0.2) is 30.9 Å². The Morgan fingerprint density at radius 2 is 1.52 bits per heavy atom. The average molecular weight is 465 g/mol. The first-order chi connectivity index (χ1) is 15.9. The molecule has 4 N–H and O–H groups in total. The number of aryl methyl sites for hydroxylation is 1. The third-order valence-electron chi connectivity index (χ3n) is 4.77. The third kappa shape index (κ3) is 7.36. The molecule has 0 saturated carbocycles. The normalized spacial score (nSPS) is 10.2. The predicted molar refractivity (Wildman–Crippen MR) is 130 cm³/mol. The number of urea groups is 1. The molecule has 0 radical (unpaired) electrons. The van der Waals surface area contributed by atoms with Crippen molar-refractivity contribution in [1.82, 2.24) is 16.0 Å². The molecule has 7 nitrogen and oxygen atoms in total. The summed E-state index contributed by atoms with van der Waals surface area (Å²) in [5.74, 6) is -0.496. The van der Waals surface area contributed by atoms with Crippen molar-refractivity contribution in [3.8, 4) is 0 Å². The standard InChI is InChI=1S/C25H25ClN4O3/c1-17-9-11-19(12-10-17)23(31)30-20-6-4-5-18(15-20)16-29-25(33)28-14-13-27-24(32)21-7-2-3-8-22(21)26/h2-12,15H,13-14,16H2,1H3,(H,27,32)(H,30,31)(H2,28,29,33). The number of carbonyl (C=O) groups excluding carboxylic acids is 3. The minimum Gasteiger partial charge on any atom is -0.350 e. The van der Waals surface area contributed by atoms with Gasteiger partial charge in [0.2, 0.25) is 0 Å². The first kappa shape index (κ1) is 23.8. The molecule has 0 saturated heterocycles. The molecule has 0 spiro atoms. The van der Waals surface area contributed by atoms with Gasteiger partial charge in [-0.3, -0.25) is 9.59 Å². The van der Waals surface area contributed by atoms with Crippen molar-refractivity contribution in [3.05, 3.63) is 100 Å². The van der Waals surface area contributed by atoms with Gasteiger partial charge in [0.15, 0.2) is 0 Å². The van der Waals surface area contributed by atoms with Gasteiger partial charge < -0.3 is 21.3 Å². The lowest BCUT2D eigenvalue weighted by atomic mass is 10.1. The van der Waals surface area contributed by atoms with Crippen LogP contribution in [0.25, 0.3) is 0 Å². The summed E-state index contributed by atoms with van der Waals surface area (Å²) < 4.78 is 0. The van der Waals surface area contributed by atoms with Gasteiger partial charge in [-0.15, -0.1) is 0 Å². The number of carbonyl (C=O) groups is 3. The molecule has 4 amide bonds. The summed E-state index contributed by atoms with van der Waals surface area (Å²) in [5.41, 5.74) is 3.52. The van der Waals surface area contributed by atoms with Gasteiger partial charge in [-0.1, -0.05) is 53.6 Å². The summed E-state index contributed by atoms with van der Waals surface area (Å²) >= 11 is 5.99. The lowest BCUT2D eigenvalue weighted by Gasteiger charge is -2.11. The molecule has 0 aromatic heterocycles. The van der Waals surface area contributed by atoms with Crippen LogP contribution in [0, 0.1) is 6.92 Å². The maximum Gasteiger partial charge on any atom is 0.315 e. The number of hydrogen-bond donors (Lipinski definition) is 4. The second kappa shape index (κ2) is 11.7. The molecule has 0 aliphatic heterocycles. The molecule has 0 fully saturated rings. The van der Waals surface area contributed by atoms with Crippen molar-refractivity contribution < 1.29 is 14.4 Å². The first-order valence-electron chi connectivity index (χ1n) is 10.4. The van der Waals surface area contributed by atoms with E-state index in [4.69, 9.17) is 11.6 Å². The Bertz CT molecular complexity index is 1130. The van der Waals surface area contributed by atoms with Crippen molar-refractivity contribution in [2.45, 2.75) is 13.5 Å². The van der Waals surface area contributed by atoms with Crippen LogP contribution in [0.15, 0.2) is 72.8 Å². The Hall–Kier alpha value is -3.84. The topological polar surface area (TPSA) is 99.3 Å². The van der Waals surface area contributed by atoms with Gasteiger partial charge in [0.25, 0.3) is 11.8 Å². The van der Waals surface area contributed by atoms with Crippen molar-refractivity contribution >= 4 is 35.1 Å². The molecule has 3 rings (SSSR count). The number of benzene rings is 3. The quantitative estimate of drug-likeness (QED) is 0.377. The molecule has 3 aromatic carbocycles. The van der Waals surface area contributed by atoms with Crippen molar-refractivity contribution in [2.75, 3.05) is 18.4 Å². The van der Waals surface area contributed by atoms with Crippen LogP contribution < -0.4 is 21.3 Å². The van der Waals surface area contributed by atoms with Crippen LogP contribution in [0.2, 0.25) is 5.02 Å². The fourth-order valence-corrected chi connectivity index (χ4v) is 3.23. The maximum atomic E-state index is 12.4. The van der Waals surface area contributed by atoms with Crippen LogP contribution in [-0.2, 0) is 6.54 Å². The summed E-state index contributed by atoms with van der Waals surface area (Å²) in [6.07, 6.45) is 0. The van der Waals surface area contributed by atoms with Crippen molar-refractivity contribution in [2.24, 2.45) is 0 Å². The van der Waals surface area contributed by atoms with E-state index in [-0.39, 0.29) is 37.5 Å². The monoisotopic (exact) mass is 464 g/mol. The Morgan fingerprint density at radius 1 is 0.788 bits per heavy atom. The van der Waals surface area contributed by atoms with Crippen LogP contribution in [0.1, 0.15) is 31.8 Å². The zero-order chi connectivity index (χ0) is 23.6. The fraction of sp³-hybridized carbons (Fsp3) is 0.160. The van der Waals surface area contributed by atoms with E-state index in [1.165, 1.54) is 0 Å². The van der Waals surface area contributed by atoms with E-state index in [2.05, 4.69) is 21.3 Å². The van der Waals surface area contributed by atoms with E-state index in [0.29, 0.717) is 21.8 Å². The first-order valence-corrected chi connectivity index (χ1v) is 10.8. The molecule has 0 bridgehead atoms. The minimum atomic E-state index is -0.365. The summed E-state index contributed by atoms with van der Waals surface area (Å²) in [7, 11) is 0. The average Bonchev–Trinajstić information content (AvgIpc) is 2.81. The molecule has 0 unspecified atom stereocenters. The zero-order valence-electron chi connectivity index (χ0n) is 18.2. The fourth-order valence-electron chi connectivity index (χ4n) is 3.00. The summed E-state index contributed by atoms with van der Waals surface area (Å²) in [6, 6.07) is 21.0. The lowest BCUT2D eigenvalue weighted by molar-refractivity contribution is 0.0953. The molecule has 0 atom stereocenters. The molecule has 33 heavy (non-hydrogen) atoms. The van der Waals surface area contributed by atoms with E-state index in [1.807, 2.05) is 31.2 Å². The summed E-state index contributed by atoms with van der Waals surface area (Å²) in [4.78, 5) is 36.5. The molecule has 3 aromatic rings. The van der Waals surface area contributed by atoms with Crippen LogP contribution in [0.4, 0.5) is 10.5 Å². The molecule has 0 aliphatic carbocycles. The number of nitrogens with one attached hydrogen (secondary N) is 4. The molecular weight excluding hydrogens is 440 g/mol. The van der Waals surface area contributed by atoms with Crippen LogP contribution in [0.3, 0.4) is 0 Å². The Kier molecular flexibility index (Phi) is 8.43. The van der Waals surface area contributed by atoms with Crippen LogP contribution in [0.5, 0.6) is 0 Å². The van der Waals surface area contributed by atoms with Crippen molar-refractivity contribution in [3.63, 3.8) is 0 Å². The van der Waals surface area contributed by atoms with Gasteiger partial charge in [0, 0.05) is 30.9 Å². The highest BCUT2D eigenvalue weighted by molar-refractivity contribution is 6.33. The number of halogens is 1. The van der Waals surface area contributed by atoms with Gasteiger partial charge >= 0.3 is 6.03 Å². The summed E-state index contributed by atoms with van der Waals surface area (Å²) in [5, 5.41) is 11.4. The molecule has 170 valence electrons. The number of anilines is 1. The third-order valence-corrected chi connectivity index (χ3v) is 5.10. The van der Waals surface area contributed by atoms with Crippen LogP contribution >= 0.6 is 11.6 Å². The van der Waals surface area contributed by atoms with Crippen molar-refractivity contribution in [1.29, 1.82) is 0 Å². The number of rotatable bonds is 8. The second-order valence-electron chi connectivity index (χ2n) is 7.37.